The number of ketones is 1. The lowest BCUT2D eigenvalue weighted by molar-refractivity contribution is -0.117. The number of carbonyl (C=O) groups excluding carboxylic acids is 1. The van der Waals surface area contributed by atoms with E-state index in [1.54, 1.807) is 7.11 Å². The number of hydrogen-bond donors (Lipinski definition) is 0. The number of fused-ring (bicyclic) bond motifs is 2. The fourth-order valence-electron chi connectivity index (χ4n) is 2.95. The number of allylic oxidation sites excluding steroid dienone is 2. The van der Waals surface area contributed by atoms with E-state index in [4.69, 9.17) is 4.74 Å². The summed E-state index contributed by atoms with van der Waals surface area (Å²) in [5, 5.41) is 0. The standard InChI is InChI=1S/C15H16O2/c1-17-13-6-4-11(5-7-13)14-9-10-2-3-12(8-10)15(14)16/h4-7,9-10,12H,2-3,8H2,1H3. The molecular formula is C15H16O2. The predicted octanol–water partition coefficient (Wildman–Crippen LogP) is 3.08. The van der Waals surface area contributed by atoms with E-state index in [9.17, 15) is 4.79 Å². The monoisotopic (exact) mass is 228 g/mol. The maximum Gasteiger partial charge on any atom is 0.166 e. The Morgan fingerprint density at radius 3 is 2.65 bits per heavy atom. The first-order valence-electron chi connectivity index (χ1n) is 6.18. The molecule has 2 aliphatic carbocycles. The van der Waals surface area contributed by atoms with E-state index in [1.165, 1.54) is 6.42 Å². The summed E-state index contributed by atoms with van der Waals surface area (Å²) in [7, 11) is 1.65. The van der Waals surface area contributed by atoms with E-state index in [0.717, 1.165) is 29.7 Å². The zero-order valence-corrected chi connectivity index (χ0v) is 9.98. The van der Waals surface area contributed by atoms with Crippen LogP contribution in [0, 0.1) is 11.8 Å². The maximum absolute atomic E-state index is 12.2. The van der Waals surface area contributed by atoms with Crippen LogP contribution in [0.1, 0.15) is 24.8 Å². The van der Waals surface area contributed by atoms with E-state index in [1.807, 2.05) is 24.3 Å². The molecule has 1 aromatic carbocycles. The molecule has 88 valence electrons. The van der Waals surface area contributed by atoms with Crippen molar-refractivity contribution in [3.8, 4) is 5.75 Å². The SMILES string of the molecule is COc1ccc(C2=CC3CCC(C3)C2=O)cc1. The molecule has 0 saturated heterocycles. The molecule has 2 atom stereocenters. The van der Waals surface area contributed by atoms with Crippen LogP contribution in [0.4, 0.5) is 0 Å². The van der Waals surface area contributed by atoms with Gasteiger partial charge in [-0.05, 0) is 42.9 Å². The van der Waals surface area contributed by atoms with Gasteiger partial charge in [0.1, 0.15) is 5.75 Å². The minimum Gasteiger partial charge on any atom is -0.497 e. The summed E-state index contributed by atoms with van der Waals surface area (Å²) in [6.07, 6.45) is 5.49. The number of Topliss-reactive ketones (excluding diaryl/α,β-unsaturated/α-hetero) is 1. The van der Waals surface area contributed by atoms with E-state index < -0.39 is 0 Å². The van der Waals surface area contributed by atoms with E-state index in [0.29, 0.717) is 11.7 Å². The van der Waals surface area contributed by atoms with Gasteiger partial charge < -0.3 is 4.74 Å². The van der Waals surface area contributed by atoms with Gasteiger partial charge in [0.2, 0.25) is 0 Å². The Morgan fingerprint density at radius 2 is 1.94 bits per heavy atom. The first-order valence-corrected chi connectivity index (χ1v) is 6.18. The van der Waals surface area contributed by atoms with Gasteiger partial charge >= 0.3 is 0 Å². The maximum atomic E-state index is 12.2. The number of carbonyl (C=O) groups is 1. The van der Waals surface area contributed by atoms with Crippen molar-refractivity contribution in [2.45, 2.75) is 19.3 Å². The molecule has 0 spiro atoms. The molecule has 0 aromatic heterocycles. The minimum absolute atomic E-state index is 0.280. The summed E-state index contributed by atoms with van der Waals surface area (Å²) in [6, 6.07) is 7.79. The average Bonchev–Trinajstić information content (AvgIpc) is 2.78. The summed E-state index contributed by atoms with van der Waals surface area (Å²) in [4.78, 5) is 12.2. The van der Waals surface area contributed by atoms with Gasteiger partial charge in [-0.3, -0.25) is 4.79 Å². The Morgan fingerprint density at radius 1 is 1.18 bits per heavy atom. The molecule has 2 heteroatoms. The normalized spacial score (nSPS) is 26.9. The van der Waals surface area contributed by atoms with Gasteiger partial charge in [0.25, 0.3) is 0 Å². The van der Waals surface area contributed by atoms with Gasteiger partial charge in [-0.15, -0.1) is 0 Å². The van der Waals surface area contributed by atoms with Crippen LogP contribution in [0.3, 0.4) is 0 Å². The van der Waals surface area contributed by atoms with Crippen molar-refractivity contribution in [2.24, 2.45) is 11.8 Å². The van der Waals surface area contributed by atoms with Gasteiger partial charge in [0.15, 0.2) is 5.78 Å². The Labute approximate surface area is 101 Å². The molecule has 3 rings (SSSR count). The van der Waals surface area contributed by atoms with Crippen LogP contribution in [0.25, 0.3) is 5.57 Å². The molecule has 0 heterocycles. The lowest BCUT2D eigenvalue weighted by Gasteiger charge is -2.18. The summed E-state index contributed by atoms with van der Waals surface area (Å²) in [5.41, 5.74) is 1.96. The smallest absolute Gasteiger partial charge is 0.166 e. The Balaban J connectivity index is 1.95. The van der Waals surface area contributed by atoms with Gasteiger partial charge in [0, 0.05) is 11.5 Å². The molecule has 2 bridgehead atoms. The third-order valence-corrected chi connectivity index (χ3v) is 3.91. The van der Waals surface area contributed by atoms with Crippen molar-refractivity contribution >= 4 is 11.4 Å². The van der Waals surface area contributed by atoms with Crippen molar-refractivity contribution in [2.75, 3.05) is 7.11 Å². The highest BCUT2D eigenvalue weighted by Gasteiger charge is 2.35. The molecule has 0 aliphatic heterocycles. The third kappa shape index (κ3) is 1.78. The summed E-state index contributed by atoms with van der Waals surface area (Å²) in [6.45, 7) is 0. The number of hydrogen-bond acceptors (Lipinski definition) is 2. The van der Waals surface area contributed by atoms with E-state index in [2.05, 4.69) is 6.08 Å². The Bertz CT molecular complexity index is 470. The van der Waals surface area contributed by atoms with E-state index >= 15 is 0 Å². The zero-order chi connectivity index (χ0) is 11.8. The van der Waals surface area contributed by atoms with Crippen LogP contribution >= 0.6 is 0 Å². The van der Waals surface area contributed by atoms with Crippen molar-refractivity contribution < 1.29 is 9.53 Å². The molecule has 1 aromatic rings. The summed E-state index contributed by atoms with van der Waals surface area (Å²) in [5.74, 6) is 2.07. The van der Waals surface area contributed by atoms with Crippen molar-refractivity contribution in [3.63, 3.8) is 0 Å². The van der Waals surface area contributed by atoms with Crippen LogP contribution in [0.2, 0.25) is 0 Å². The lowest BCUT2D eigenvalue weighted by atomic mass is 9.85. The molecule has 17 heavy (non-hydrogen) atoms. The minimum atomic E-state index is 0.280. The van der Waals surface area contributed by atoms with Crippen LogP contribution in [0.5, 0.6) is 5.75 Å². The second-order valence-electron chi connectivity index (χ2n) is 4.94. The topological polar surface area (TPSA) is 26.3 Å². The van der Waals surface area contributed by atoms with Crippen molar-refractivity contribution in [1.82, 2.24) is 0 Å². The Kier molecular flexibility index (Phi) is 2.50. The highest BCUT2D eigenvalue weighted by atomic mass is 16.5. The first kappa shape index (κ1) is 10.6. The van der Waals surface area contributed by atoms with Gasteiger partial charge in [-0.1, -0.05) is 18.2 Å². The van der Waals surface area contributed by atoms with Gasteiger partial charge in [-0.25, -0.2) is 0 Å². The molecule has 2 aliphatic rings. The average molecular weight is 228 g/mol. The van der Waals surface area contributed by atoms with Crippen molar-refractivity contribution in [1.29, 1.82) is 0 Å². The van der Waals surface area contributed by atoms with Gasteiger partial charge in [0.05, 0.1) is 7.11 Å². The highest BCUT2D eigenvalue weighted by molar-refractivity contribution is 6.22. The first-order chi connectivity index (χ1) is 8.28. The van der Waals surface area contributed by atoms with Crippen molar-refractivity contribution in [3.05, 3.63) is 35.9 Å². The fraction of sp³-hybridized carbons (Fsp3) is 0.400. The number of methoxy groups -OCH3 is 1. The van der Waals surface area contributed by atoms with Crippen LogP contribution in [-0.4, -0.2) is 12.9 Å². The largest absolute Gasteiger partial charge is 0.497 e. The molecule has 0 amide bonds. The van der Waals surface area contributed by atoms with Crippen LogP contribution in [-0.2, 0) is 4.79 Å². The Hall–Kier alpha value is -1.57. The molecule has 2 unspecified atom stereocenters. The number of ether oxygens (including phenoxy) is 1. The molecule has 1 fully saturated rings. The van der Waals surface area contributed by atoms with Crippen LogP contribution in [0.15, 0.2) is 30.3 Å². The fourth-order valence-corrected chi connectivity index (χ4v) is 2.95. The number of benzene rings is 1. The molecular weight excluding hydrogens is 212 g/mol. The van der Waals surface area contributed by atoms with Gasteiger partial charge in [-0.2, -0.15) is 0 Å². The van der Waals surface area contributed by atoms with Crippen LogP contribution < -0.4 is 4.74 Å². The zero-order valence-electron chi connectivity index (χ0n) is 9.98. The molecule has 0 N–H and O–H groups in total. The second kappa shape index (κ2) is 4.02. The quantitative estimate of drug-likeness (QED) is 0.777. The molecule has 1 saturated carbocycles. The lowest BCUT2D eigenvalue weighted by Crippen LogP contribution is -2.17. The molecule has 0 radical (unpaired) electrons. The summed E-state index contributed by atoms with van der Waals surface area (Å²) < 4.78 is 5.13. The number of rotatable bonds is 2. The molecule has 2 nitrogen and oxygen atoms in total. The predicted molar refractivity (Wildman–Crippen MR) is 66.8 cm³/mol. The second-order valence-corrected chi connectivity index (χ2v) is 4.94. The van der Waals surface area contributed by atoms with E-state index in [-0.39, 0.29) is 5.92 Å². The third-order valence-electron chi connectivity index (χ3n) is 3.91. The summed E-state index contributed by atoms with van der Waals surface area (Å²) >= 11 is 0. The highest BCUT2D eigenvalue weighted by Crippen LogP contribution is 2.41.